The topological polar surface area (TPSA) is 96.8 Å². The maximum Gasteiger partial charge on any atom is 0.319 e. The lowest BCUT2D eigenvalue weighted by molar-refractivity contribution is 0.252. The Labute approximate surface area is 168 Å². The zero-order valence-electron chi connectivity index (χ0n) is 16.0. The normalized spacial score (nSPS) is 10.6. The maximum atomic E-state index is 12.0. The minimum absolute atomic E-state index is 0.320. The number of nitrogens with zero attached hydrogens (tertiary/aromatic N) is 4. The first-order chi connectivity index (χ1) is 13.4. The van der Waals surface area contributed by atoms with Gasteiger partial charge in [-0.3, -0.25) is 4.57 Å². The van der Waals surface area contributed by atoms with Crippen LogP contribution < -0.4 is 16.0 Å². The van der Waals surface area contributed by atoms with Crippen LogP contribution in [-0.2, 0) is 0 Å². The Morgan fingerprint density at radius 3 is 2.64 bits per heavy atom. The highest BCUT2D eigenvalue weighted by Crippen LogP contribution is 2.20. The Kier molecular flexibility index (Phi) is 6.10. The van der Waals surface area contributed by atoms with Crippen LogP contribution >= 0.6 is 11.6 Å². The first-order valence-electron chi connectivity index (χ1n) is 8.84. The molecule has 9 heteroatoms. The van der Waals surface area contributed by atoms with Gasteiger partial charge >= 0.3 is 6.03 Å². The molecule has 0 spiro atoms. The molecule has 28 heavy (non-hydrogen) atoms. The summed E-state index contributed by atoms with van der Waals surface area (Å²) < 4.78 is 1.92. The molecule has 3 aromatic rings. The molecule has 0 atom stereocenters. The third-order valence-corrected chi connectivity index (χ3v) is 4.49. The minimum Gasteiger partial charge on any atom is -0.368 e. The number of nitrogens with one attached hydrogen (secondary N) is 3. The van der Waals surface area contributed by atoms with Crippen molar-refractivity contribution in [3.8, 4) is 5.82 Å². The number of benzene rings is 1. The average Bonchev–Trinajstić information content (AvgIpc) is 2.99. The Balaban J connectivity index is 1.54. The van der Waals surface area contributed by atoms with E-state index < -0.39 is 0 Å². The lowest BCUT2D eigenvalue weighted by atomic mass is 10.3. The summed E-state index contributed by atoms with van der Waals surface area (Å²) in [6, 6.07) is 8.60. The van der Waals surface area contributed by atoms with Gasteiger partial charge < -0.3 is 16.0 Å². The van der Waals surface area contributed by atoms with E-state index in [2.05, 4.69) is 30.9 Å². The standard InChI is InChI=1S/C19H22ClN7O/c1-12-13(2)27(11-23-12)18-10-17(24-14(3)25-18)21-8-9-22-19(28)26-16-7-5-4-6-15(16)20/h4-7,10-11H,8-9H2,1-3H3,(H,21,24,25)(H2,22,26,28). The number of anilines is 2. The number of rotatable bonds is 6. The molecule has 0 unspecified atom stereocenters. The predicted molar refractivity (Wildman–Crippen MR) is 110 cm³/mol. The summed E-state index contributed by atoms with van der Waals surface area (Å²) in [6.45, 7) is 6.71. The van der Waals surface area contributed by atoms with Crippen LogP contribution in [0.4, 0.5) is 16.3 Å². The molecule has 0 aliphatic rings. The van der Waals surface area contributed by atoms with Gasteiger partial charge in [0.25, 0.3) is 0 Å². The Hall–Kier alpha value is -3.13. The van der Waals surface area contributed by atoms with Crippen molar-refractivity contribution in [2.24, 2.45) is 0 Å². The van der Waals surface area contributed by atoms with Crippen LogP contribution in [0, 0.1) is 20.8 Å². The van der Waals surface area contributed by atoms with E-state index in [1.165, 1.54) is 0 Å². The van der Waals surface area contributed by atoms with Crippen molar-refractivity contribution in [2.75, 3.05) is 23.7 Å². The van der Waals surface area contributed by atoms with Gasteiger partial charge in [-0.05, 0) is 32.9 Å². The average molecular weight is 400 g/mol. The van der Waals surface area contributed by atoms with E-state index in [1.807, 2.05) is 37.5 Å². The summed E-state index contributed by atoms with van der Waals surface area (Å²) in [5.74, 6) is 2.08. The second-order valence-corrected chi connectivity index (χ2v) is 6.64. The van der Waals surface area contributed by atoms with E-state index in [1.54, 1.807) is 24.5 Å². The molecule has 0 radical (unpaired) electrons. The zero-order valence-corrected chi connectivity index (χ0v) is 16.7. The van der Waals surface area contributed by atoms with Crippen molar-refractivity contribution in [2.45, 2.75) is 20.8 Å². The number of hydrogen-bond donors (Lipinski definition) is 3. The molecule has 0 saturated heterocycles. The predicted octanol–water partition coefficient (Wildman–Crippen LogP) is 3.47. The fourth-order valence-electron chi connectivity index (χ4n) is 2.59. The fraction of sp³-hybridized carbons (Fsp3) is 0.263. The summed E-state index contributed by atoms with van der Waals surface area (Å²) in [6.07, 6.45) is 1.75. The number of amides is 2. The first-order valence-corrected chi connectivity index (χ1v) is 9.21. The molecule has 1 aromatic carbocycles. The van der Waals surface area contributed by atoms with Crippen LogP contribution in [0.5, 0.6) is 0 Å². The molecule has 2 amide bonds. The van der Waals surface area contributed by atoms with E-state index in [0.29, 0.717) is 35.4 Å². The van der Waals surface area contributed by atoms with Crippen LogP contribution in [0.1, 0.15) is 17.2 Å². The van der Waals surface area contributed by atoms with Gasteiger partial charge in [-0.2, -0.15) is 0 Å². The molecule has 0 aliphatic carbocycles. The van der Waals surface area contributed by atoms with Gasteiger partial charge in [0.05, 0.1) is 16.4 Å². The summed E-state index contributed by atoms with van der Waals surface area (Å²) in [4.78, 5) is 25.1. The Morgan fingerprint density at radius 1 is 1.14 bits per heavy atom. The van der Waals surface area contributed by atoms with Gasteiger partial charge in [0, 0.05) is 24.8 Å². The van der Waals surface area contributed by atoms with Gasteiger partial charge in [0.1, 0.15) is 23.8 Å². The van der Waals surface area contributed by atoms with Crippen molar-refractivity contribution >= 4 is 29.1 Å². The summed E-state index contributed by atoms with van der Waals surface area (Å²) >= 11 is 6.03. The Morgan fingerprint density at radius 2 is 1.93 bits per heavy atom. The molecule has 0 saturated carbocycles. The molecule has 0 aliphatic heterocycles. The molecule has 8 nitrogen and oxygen atoms in total. The lowest BCUT2D eigenvalue weighted by Gasteiger charge is -2.11. The number of halogens is 1. The van der Waals surface area contributed by atoms with Crippen molar-refractivity contribution < 1.29 is 4.79 Å². The fourth-order valence-corrected chi connectivity index (χ4v) is 2.77. The number of urea groups is 1. The second kappa shape index (κ2) is 8.71. The molecule has 2 heterocycles. The highest BCUT2D eigenvalue weighted by molar-refractivity contribution is 6.33. The smallest absolute Gasteiger partial charge is 0.319 e. The zero-order chi connectivity index (χ0) is 20.1. The van der Waals surface area contributed by atoms with Crippen LogP contribution in [0.25, 0.3) is 5.82 Å². The number of hydrogen-bond acceptors (Lipinski definition) is 5. The lowest BCUT2D eigenvalue weighted by Crippen LogP contribution is -2.32. The van der Waals surface area contributed by atoms with E-state index in [0.717, 1.165) is 17.2 Å². The summed E-state index contributed by atoms with van der Waals surface area (Å²) in [7, 11) is 0. The van der Waals surface area contributed by atoms with Crippen molar-refractivity contribution in [3.63, 3.8) is 0 Å². The summed E-state index contributed by atoms with van der Waals surface area (Å²) in [5, 5.41) is 9.17. The Bertz CT molecular complexity index is 986. The molecule has 3 N–H and O–H groups in total. The van der Waals surface area contributed by atoms with Gasteiger partial charge in [-0.1, -0.05) is 23.7 Å². The van der Waals surface area contributed by atoms with E-state index in [4.69, 9.17) is 11.6 Å². The largest absolute Gasteiger partial charge is 0.368 e. The first kappa shape index (κ1) is 19.6. The third kappa shape index (κ3) is 4.77. The van der Waals surface area contributed by atoms with E-state index in [-0.39, 0.29) is 6.03 Å². The van der Waals surface area contributed by atoms with Crippen molar-refractivity contribution in [1.29, 1.82) is 0 Å². The van der Waals surface area contributed by atoms with Gasteiger partial charge in [-0.15, -0.1) is 0 Å². The maximum absolute atomic E-state index is 12.0. The number of aromatic nitrogens is 4. The van der Waals surface area contributed by atoms with Crippen LogP contribution in [0.3, 0.4) is 0 Å². The van der Waals surface area contributed by atoms with Crippen molar-refractivity contribution in [1.82, 2.24) is 24.8 Å². The highest BCUT2D eigenvalue weighted by atomic mass is 35.5. The van der Waals surface area contributed by atoms with Crippen LogP contribution in [0.2, 0.25) is 5.02 Å². The van der Waals surface area contributed by atoms with E-state index >= 15 is 0 Å². The van der Waals surface area contributed by atoms with Gasteiger partial charge in [-0.25, -0.2) is 19.7 Å². The van der Waals surface area contributed by atoms with Gasteiger partial charge in [0.15, 0.2) is 0 Å². The number of carbonyl (C=O) groups is 1. The number of aryl methyl sites for hydroxylation is 2. The van der Waals surface area contributed by atoms with Crippen molar-refractivity contribution in [3.05, 3.63) is 58.9 Å². The highest BCUT2D eigenvalue weighted by Gasteiger charge is 2.09. The number of para-hydroxylation sites is 1. The van der Waals surface area contributed by atoms with Crippen LogP contribution in [0.15, 0.2) is 36.7 Å². The summed E-state index contributed by atoms with van der Waals surface area (Å²) in [5.41, 5.74) is 2.55. The minimum atomic E-state index is -0.320. The molecule has 146 valence electrons. The molecule has 0 fully saturated rings. The number of imidazole rings is 1. The third-order valence-electron chi connectivity index (χ3n) is 4.16. The molecule has 3 rings (SSSR count). The van der Waals surface area contributed by atoms with Crippen LogP contribution in [-0.4, -0.2) is 38.6 Å². The second-order valence-electron chi connectivity index (χ2n) is 6.23. The molecular weight excluding hydrogens is 378 g/mol. The van der Waals surface area contributed by atoms with Gasteiger partial charge in [0.2, 0.25) is 0 Å². The number of carbonyl (C=O) groups excluding carboxylic acids is 1. The molecular formula is C19H22ClN7O. The molecule has 2 aromatic heterocycles. The SMILES string of the molecule is Cc1nc(NCCNC(=O)Nc2ccccc2Cl)cc(-n2cnc(C)c2C)n1. The quantitative estimate of drug-likeness (QED) is 0.551. The monoisotopic (exact) mass is 399 g/mol. The van der Waals surface area contributed by atoms with E-state index in [9.17, 15) is 4.79 Å². The molecule has 0 bridgehead atoms.